The summed E-state index contributed by atoms with van der Waals surface area (Å²) in [6.45, 7) is 61.0. The summed E-state index contributed by atoms with van der Waals surface area (Å²) >= 11 is 0. The molecule has 0 amide bonds. The first-order valence-electron chi connectivity index (χ1n) is 41.3. The molecular weight excluding hydrogens is 1430 g/mol. The predicted octanol–water partition coefficient (Wildman–Crippen LogP) is 22.0. The molecule has 0 aliphatic carbocycles. The van der Waals surface area contributed by atoms with Gasteiger partial charge in [-0.1, -0.05) is 226 Å². The average Bonchev–Trinajstić information content (AvgIpc) is 0.810. The molecule has 0 spiro atoms. The van der Waals surface area contributed by atoms with Gasteiger partial charge in [-0.15, -0.1) is 0 Å². The molecule has 12 atom stereocenters. The van der Waals surface area contributed by atoms with Crippen LogP contribution in [0.2, 0.25) is 77.6 Å². The van der Waals surface area contributed by atoms with Crippen LogP contribution in [0.1, 0.15) is 220 Å². The summed E-state index contributed by atoms with van der Waals surface area (Å²) in [5, 5.41) is 15.1. The smallest absolute Gasteiger partial charge is 0.261 e. The Hall–Kier alpha value is -3.69. The van der Waals surface area contributed by atoms with Crippen LogP contribution in [0, 0.1) is 5.92 Å². The van der Waals surface area contributed by atoms with Crippen molar-refractivity contribution in [1.29, 1.82) is 0 Å². The van der Waals surface area contributed by atoms with Gasteiger partial charge in [-0.25, -0.2) is 0 Å². The van der Waals surface area contributed by atoms with Crippen LogP contribution in [-0.2, 0) is 59.1 Å². The lowest BCUT2D eigenvalue weighted by molar-refractivity contribution is -0.217. The normalized spacial score (nSPS) is 20.7. The summed E-state index contributed by atoms with van der Waals surface area (Å²) in [4.78, 5) is 14.9. The Kier molecular flexibility index (Phi) is 35.4. The molecule has 0 bridgehead atoms. The molecule has 1 unspecified atom stereocenters. The Morgan fingerprint density at radius 2 is 1.16 bits per heavy atom. The van der Waals surface area contributed by atoms with Crippen LogP contribution in [0.25, 0.3) is 0 Å². The maximum atomic E-state index is 14.9. The van der Waals surface area contributed by atoms with Crippen LogP contribution in [0.4, 0.5) is 0 Å². The van der Waals surface area contributed by atoms with E-state index in [0.29, 0.717) is 45.5 Å². The largest absolute Gasteiger partial charge is 0.497 e. The van der Waals surface area contributed by atoms with E-state index in [9.17, 15) is 9.90 Å². The minimum absolute atomic E-state index is 0.0103. The maximum Gasteiger partial charge on any atom is 0.261 e. The monoisotopic (exact) mass is 1580 g/mol. The Balaban J connectivity index is 1.39. The molecule has 13 nitrogen and oxygen atoms in total. The standard InChI is InChI=1S/C90H150O13Si5/c1-28-32-55-94-73-51-47-70(48-52-73)64-95-80(44-39-56-97-108(90(18,19)20,76-40-35-33-36-41-76)77-42-37-34-38-43-77)85(103-106(26,27)89(15,16)17)68(8)60-81-83(102-105(24,25)88(12,13)14)63-84(96-65-69-45-49-72(93-21)50-46-69)86(99-81)78(92)61-71(91)58-67(7)59-75(100-107(29-2,30-3)31-4)62-74-53-54-79(98-74)82(57-66(5)6)101-104(22,23)87(9,10)11/h33-38,40-43,45-52,57-58,68,74-75,78-86,92H,28-32,39,44,53-56,59-65H2,1-27H3/b67-58+/t68-,74+,75-,78?,79+,80+,81+,82+,83+,84+,85+,86-/m0/s1. The topological polar surface area (TPSA) is 139 Å². The van der Waals surface area contributed by atoms with Gasteiger partial charge in [-0.2, -0.15) is 0 Å². The lowest BCUT2D eigenvalue weighted by Crippen LogP contribution is -2.66. The number of hydrogen-bond donors (Lipinski definition) is 1. The molecule has 2 fully saturated rings. The van der Waals surface area contributed by atoms with E-state index in [1.165, 1.54) is 15.9 Å². The number of ether oxygens (including phenoxy) is 6. The van der Waals surface area contributed by atoms with Gasteiger partial charge in [0.05, 0.1) is 88.0 Å². The molecule has 2 saturated heterocycles. The molecule has 0 aromatic heterocycles. The fourth-order valence-corrected chi connectivity index (χ4v) is 26.2. The van der Waals surface area contributed by atoms with Gasteiger partial charge in [-0.05, 0) is 207 Å². The molecule has 108 heavy (non-hydrogen) atoms. The number of aliphatic hydroxyl groups excluding tert-OH is 1. The van der Waals surface area contributed by atoms with E-state index in [4.69, 9.17) is 50.6 Å². The van der Waals surface area contributed by atoms with Crippen molar-refractivity contribution in [2.45, 2.75) is 367 Å². The number of hydrogen-bond acceptors (Lipinski definition) is 13. The number of methoxy groups -OCH3 is 1. The molecule has 4 aromatic carbocycles. The number of carbonyl (C=O) groups is 1. The first-order chi connectivity index (χ1) is 50.5. The van der Waals surface area contributed by atoms with Crippen LogP contribution in [0.5, 0.6) is 11.5 Å². The van der Waals surface area contributed by atoms with Crippen molar-refractivity contribution in [3.05, 3.63) is 144 Å². The Morgan fingerprint density at radius 1 is 0.611 bits per heavy atom. The van der Waals surface area contributed by atoms with Gasteiger partial charge in [0, 0.05) is 19.4 Å². The Labute approximate surface area is 662 Å². The molecule has 608 valence electrons. The minimum Gasteiger partial charge on any atom is -0.497 e. The molecular formula is C90H150O13Si5. The highest BCUT2D eigenvalue weighted by Crippen LogP contribution is 2.46. The Morgan fingerprint density at radius 3 is 1.68 bits per heavy atom. The summed E-state index contributed by atoms with van der Waals surface area (Å²) in [6, 6.07) is 41.0. The minimum atomic E-state index is -2.88. The van der Waals surface area contributed by atoms with Gasteiger partial charge in [0.1, 0.15) is 17.6 Å². The van der Waals surface area contributed by atoms with E-state index >= 15 is 0 Å². The SMILES string of the molecule is CCCCOc1ccc(CO[C@H](CCCO[Si](c2ccccc2)(c2ccccc2)C(C)(C)C)[C@H](O[Si](C)(C)C(C)(C)C)[C@@H](C)C[C@H]2O[C@@H](C(O)CC(=O)/C=C(\C)C[C@@H](C[C@H]3CC[C@H]([C@@H](C=C(C)C)O[Si](C)(C)C(C)(C)C)O3)O[Si](CC)(CC)CC)[C@H](OCc3ccc(OC)cc3)C[C@H]2O[Si](C)(C)C(C)(C)C)cc1. The third kappa shape index (κ3) is 26.4. The zero-order valence-electron chi connectivity index (χ0n) is 72.5. The molecule has 18 heteroatoms. The number of benzene rings is 4. The van der Waals surface area contributed by atoms with Gasteiger partial charge in [0.25, 0.3) is 8.32 Å². The number of ketones is 1. The summed E-state index contributed by atoms with van der Waals surface area (Å²) in [7, 11) is -10.5. The van der Waals surface area contributed by atoms with Crippen molar-refractivity contribution in [3.63, 3.8) is 0 Å². The van der Waals surface area contributed by atoms with Gasteiger partial charge < -0.3 is 55.7 Å². The molecule has 4 aromatic rings. The van der Waals surface area contributed by atoms with Gasteiger partial charge in [0.2, 0.25) is 0 Å². The number of rotatable bonds is 43. The summed E-state index contributed by atoms with van der Waals surface area (Å²) in [5.74, 6) is 1.27. The van der Waals surface area contributed by atoms with E-state index in [0.717, 1.165) is 84.9 Å². The zero-order valence-corrected chi connectivity index (χ0v) is 77.5. The van der Waals surface area contributed by atoms with E-state index in [1.54, 1.807) is 13.2 Å². The lowest BCUT2D eigenvalue weighted by atomic mass is 9.86. The maximum absolute atomic E-state index is 14.9. The van der Waals surface area contributed by atoms with Crippen molar-refractivity contribution in [3.8, 4) is 11.5 Å². The number of allylic oxidation sites excluding steroid dienone is 2. The molecule has 2 heterocycles. The second kappa shape index (κ2) is 41.1. The van der Waals surface area contributed by atoms with Crippen LogP contribution in [0.15, 0.2) is 132 Å². The quantitative estimate of drug-likeness (QED) is 0.0195. The summed E-state index contributed by atoms with van der Waals surface area (Å²) in [5.41, 5.74) is 4.14. The highest BCUT2D eigenvalue weighted by atomic mass is 28.4. The molecule has 2 aliphatic rings. The van der Waals surface area contributed by atoms with Crippen molar-refractivity contribution >= 4 is 57.7 Å². The third-order valence-electron chi connectivity index (χ3n) is 24.6. The summed E-state index contributed by atoms with van der Waals surface area (Å²) < 4.78 is 78.4. The van der Waals surface area contributed by atoms with Crippen molar-refractivity contribution in [2.75, 3.05) is 20.3 Å². The van der Waals surface area contributed by atoms with Crippen molar-refractivity contribution in [1.82, 2.24) is 0 Å². The molecule has 0 saturated carbocycles. The fraction of sp³-hybridized carbons (Fsp3) is 0.678. The van der Waals surface area contributed by atoms with Crippen LogP contribution in [-0.4, -0.2) is 140 Å². The van der Waals surface area contributed by atoms with Gasteiger partial charge in [-0.3, -0.25) is 4.79 Å². The van der Waals surface area contributed by atoms with Crippen molar-refractivity contribution < 1.29 is 60.5 Å². The zero-order chi connectivity index (χ0) is 80.3. The first kappa shape index (κ1) is 93.2. The van der Waals surface area contributed by atoms with E-state index in [2.05, 4.69) is 262 Å². The predicted molar refractivity (Wildman–Crippen MR) is 461 cm³/mol. The fourth-order valence-electron chi connectivity index (χ4n) is 14.7. The molecule has 1 N–H and O–H groups in total. The second-order valence-corrected chi connectivity index (χ2v) is 60.8. The number of unbranched alkanes of at least 4 members (excludes halogenated alkanes) is 1. The van der Waals surface area contributed by atoms with E-state index in [1.807, 2.05) is 31.2 Å². The number of aliphatic hydroxyl groups is 1. The van der Waals surface area contributed by atoms with Crippen LogP contribution < -0.4 is 19.8 Å². The highest BCUT2D eigenvalue weighted by molar-refractivity contribution is 6.99. The molecule has 2 aliphatic heterocycles. The lowest BCUT2D eigenvalue weighted by Gasteiger charge is -2.49. The highest BCUT2D eigenvalue weighted by Gasteiger charge is 2.53. The average molecular weight is 1580 g/mol. The van der Waals surface area contributed by atoms with E-state index < -0.39 is 78.2 Å². The second-order valence-electron chi connectivity index (χ2n) is 37.5. The molecule has 6 rings (SSSR count). The Bertz CT molecular complexity index is 3300. The van der Waals surface area contributed by atoms with Gasteiger partial charge >= 0.3 is 0 Å². The number of carbonyl (C=O) groups excluding carboxylic acids is 1. The van der Waals surface area contributed by atoms with Crippen molar-refractivity contribution in [2.24, 2.45) is 5.92 Å². The first-order valence-corrected chi connectivity index (χ1v) is 54.5. The van der Waals surface area contributed by atoms with Crippen LogP contribution in [0.3, 0.4) is 0 Å². The van der Waals surface area contributed by atoms with Gasteiger partial charge in [0.15, 0.2) is 39.1 Å². The third-order valence-corrected chi connectivity index (χ3v) is 47.8. The molecule has 0 radical (unpaired) electrons. The van der Waals surface area contributed by atoms with Crippen LogP contribution >= 0.6 is 0 Å². The summed E-state index contributed by atoms with van der Waals surface area (Å²) in [6.07, 6.45) is 6.59. The van der Waals surface area contributed by atoms with E-state index in [-0.39, 0.29) is 75.4 Å².